The van der Waals surface area contributed by atoms with E-state index in [9.17, 15) is 0 Å². The van der Waals surface area contributed by atoms with Crippen LogP contribution in [0.2, 0.25) is 5.02 Å². The summed E-state index contributed by atoms with van der Waals surface area (Å²) in [6.07, 6.45) is 3.76. The number of hydrogen-bond acceptors (Lipinski definition) is 7. The Morgan fingerprint density at radius 3 is 2.47 bits per heavy atom. The third kappa shape index (κ3) is 4.08. The topological polar surface area (TPSA) is 73.0 Å². The first-order chi connectivity index (χ1) is 14.4. The summed E-state index contributed by atoms with van der Waals surface area (Å²) >= 11 is 6.56. The lowest BCUT2D eigenvalue weighted by molar-refractivity contribution is 0.352. The molecule has 30 heavy (non-hydrogen) atoms. The highest BCUT2D eigenvalue weighted by Gasteiger charge is 2.34. The van der Waals surface area contributed by atoms with Gasteiger partial charge in [-0.1, -0.05) is 29.8 Å². The molecule has 1 aromatic heterocycles. The summed E-state index contributed by atoms with van der Waals surface area (Å²) in [5.74, 6) is 2.66. The van der Waals surface area contributed by atoms with Crippen LogP contribution in [0.15, 0.2) is 59.5 Å². The lowest BCUT2D eigenvalue weighted by Crippen LogP contribution is -2.56. The van der Waals surface area contributed by atoms with E-state index in [1.54, 1.807) is 0 Å². The molecule has 1 fully saturated rings. The maximum atomic E-state index is 6.81. The van der Waals surface area contributed by atoms with E-state index in [1.807, 2.05) is 74.6 Å². The van der Waals surface area contributed by atoms with Crippen molar-refractivity contribution >= 4 is 23.4 Å². The van der Waals surface area contributed by atoms with Crippen molar-refractivity contribution in [3.05, 3.63) is 70.6 Å². The smallest absolute Gasteiger partial charge is 0.202 e. The summed E-state index contributed by atoms with van der Waals surface area (Å²) < 4.78 is 0. The number of benzene rings is 1. The van der Waals surface area contributed by atoms with Gasteiger partial charge in [0, 0.05) is 63.1 Å². The van der Waals surface area contributed by atoms with Crippen LogP contribution in [0.25, 0.3) is 0 Å². The van der Waals surface area contributed by atoms with Gasteiger partial charge >= 0.3 is 0 Å². The van der Waals surface area contributed by atoms with Crippen LogP contribution in [0.3, 0.4) is 0 Å². The van der Waals surface area contributed by atoms with Gasteiger partial charge in [0.15, 0.2) is 5.66 Å². The van der Waals surface area contributed by atoms with E-state index in [-0.39, 0.29) is 0 Å². The van der Waals surface area contributed by atoms with Gasteiger partial charge < -0.3 is 20.0 Å². The second kappa shape index (κ2) is 8.16. The molecule has 4 rings (SSSR count). The molecule has 3 heterocycles. The number of nitrogens with zero attached hydrogens (tertiary/aromatic N) is 5. The number of pyridine rings is 1. The van der Waals surface area contributed by atoms with Crippen LogP contribution >= 0.6 is 11.6 Å². The number of aryl methyl sites for hydroxylation is 1. The molecule has 2 aromatic rings. The van der Waals surface area contributed by atoms with Crippen LogP contribution in [0.5, 0.6) is 0 Å². The molecule has 158 valence electrons. The summed E-state index contributed by atoms with van der Waals surface area (Å²) in [4.78, 5) is 15.9. The van der Waals surface area contributed by atoms with Crippen molar-refractivity contribution in [3.8, 4) is 0 Å². The van der Waals surface area contributed by atoms with E-state index < -0.39 is 5.66 Å². The van der Waals surface area contributed by atoms with Crippen molar-refractivity contribution in [2.24, 2.45) is 10.7 Å². The number of aliphatic imine (C=N–C) groups is 1. The fourth-order valence-corrected chi connectivity index (χ4v) is 4.14. The van der Waals surface area contributed by atoms with Crippen LogP contribution in [0.4, 0.5) is 5.82 Å². The average Bonchev–Trinajstić information content (AvgIpc) is 2.74. The minimum absolute atomic E-state index is 0.622. The second-order valence-corrected chi connectivity index (χ2v) is 8.36. The molecule has 2 aliphatic heterocycles. The van der Waals surface area contributed by atoms with E-state index >= 15 is 0 Å². The van der Waals surface area contributed by atoms with Gasteiger partial charge in [0.2, 0.25) is 5.96 Å². The van der Waals surface area contributed by atoms with Gasteiger partial charge in [-0.2, -0.15) is 0 Å². The molecule has 8 heteroatoms. The van der Waals surface area contributed by atoms with Crippen molar-refractivity contribution in [3.63, 3.8) is 0 Å². The van der Waals surface area contributed by atoms with Gasteiger partial charge in [0.1, 0.15) is 11.6 Å². The minimum atomic E-state index is -1.04. The number of rotatable bonds is 3. The van der Waals surface area contributed by atoms with Gasteiger partial charge in [0.25, 0.3) is 0 Å². The molecular weight excluding hydrogens is 398 g/mol. The fraction of sp³-hybridized carbons (Fsp3) is 0.364. The summed E-state index contributed by atoms with van der Waals surface area (Å²) in [5.41, 5.74) is 7.66. The van der Waals surface area contributed by atoms with Crippen LogP contribution in [-0.2, 0) is 5.66 Å². The number of hydrogen-bond donors (Lipinski definition) is 2. The van der Waals surface area contributed by atoms with Crippen molar-refractivity contribution in [2.45, 2.75) is 12.6 Å². The molecule has 1 atom stereocenters. The van der Waals surface area contributed by atoms with E-state index in [1.165, 1.54) is 0 Å². The summed E-state index contributed by atoms with van der Waals surface area (Å²) in [6.45, 7) is 5.38. The number of piperazine rings is 1. The van der Waals surface area contributed by atoms with Crippen LogP contribution < -0.4 is 16.0 Å². The third-order valence-electron chi connectivity index (χ3n) is 5.48. The second-order valence-electron chi connectivity index (χ2n) is 7.96. The Balaban J connectivity index is 1.60. The Morgan fingerprint density at radius 1 is 1.10 bits per heavy atom. The molecule has 0 aliphatic carbocycles. The van der Waals surface area contributed by atoms with E-state index in [0.717, 1.165) is 54.9 Å². The van der Waals surface area contributed by atoms with E-state index in [0.29, 0.717) is 5.02 Å². The molecule has 0 saturated carbocycles. The Labute approximate surface area is 182 Å². The number of nitrogens with one attached hydrogen (secondary N) is 1. The zero-order valence-corrected chi connectivity index (χ0v) is 18.4. The van der Waals surface area contributed by atoms with Crippen molar-refractivity contribution < 1.29 is 0 Å². The molecular formula is C22H28ClN7. The van der Waals surface area contributed by atoms with E-state index in [2.05, 4.69) is 20.1 Å². The minimum Gasteiger partial charge on any atom is -0.364 e. The Hall–Kier alpha value is -2.77. The molecule has 0 bridgehead atoms. The van der Waals surface area contributed by atoms with Crippen molar-refractivity contribution in [1.82, 2.24) is 20.1 Å². The Morgan fingerprint density at radius 2 is 1.83 bits per heavy atom. The third-order valence-corrected chi connectivity index (χ3v) is 5.79. The first-order valence-corrected chi connectivity index (χ1v) is 10.5. The zero-order valence-electron chi connectivity index (χ0n) is 17.6. The Bertz CT molecular complexity index is 965. The van der Waals surface area contributed by atoms with Gasteiger partial charge in [-0.05, 0) is 30.7 Å². The summed E-state index contributed by atoms with van der Waals surface area (Å²) in [7, 11) is 3.97. The molecule has 3 N–H and O–H groups in total. The molecule has 1 aromatic carbocycles. The molecule has 0 amide bonds. The maximum Gasteiger partial charge on any atom is 0.202 e. The average molecular weight is 426 g/mol. The SMILES string of the molecule is Cc1ccc(C2(N)C=C(N(C)C)NC(N3CCN(c4ccccn4)CC3)=N2)c(Cl)c1. The molecule has 0 radical (unpaired) electrons. The molecule has 0 spiro atoms. The first kappa shape index (κ1) is 20.5. The largest absolute Gasteiger partial charge is 0.364 e. The molecule has 7 nitrogen and oxygen atoms in total. The highest BCUT2D eigenvalue weighted by Crippen LogP contribution is 2.32. The number of anilines is 1. The van der Waals surface area contributed by atoms with Gasteiger partial charge in [0.05, 0.1) is 0 Å². The molecule has 2 aliphatic rings. The van der Waals surface area contributed by atoms with Crippen molar-refractivity contribution in [2.75, 3.05) is 45.2 Å². The van der Waals surface area contributed by atoms with Crippen molar-refractivity contribution in [1.29, 1.82) is 0 Å². The number of nitrogens with two attached hydrogens (primary N) is 1. The lowest BCUT2D eigenvalue weighted by Gasteiger charge is -2.41. The fourth-order valence-electron chi connectivity index (χ4n) is 3.76. The number of aromatic nitrogens is 1. The monoisotopic (exact) mass is 425 g/mol. The predicted octanol–water partition coefficient (Wildman–Crippen LogP) is 2.34. The van der Waals surface area contributed by atoms with Crippen LogP contribution in [0.1, 0.15) is 11.1 Å². The van der Waals surface area contributed by atoms with Gasteiger partial charge in [-0.15, -0.1) is 0 Å². The van der Waals surface area contributed by atoms with Crippen LogP contribution in [-0.4, -0.2) is 61.0 Å². The molecule has 1 unspecified atom stereocenters. The number of guanidine groups is 1. The summed E-state index contributed by atoms with van der Waals surface area (Å²) in [5, 5.41) is 4.06. The summed E-state index contributed by atoms with van der Waals surface area (Å²) in [6, 6.07) is 11.9. The van der Waals surface area contributed by atoms with Crippen LogP contribution in [0, 0.1) is 6.92 Å². The maximum absolute atomic E-state index is 6.81. The number of halogens is 1. The standard InChI is InChI=1S/C22H28ClN7/c1-16-7-8-17(18(23)14-16)22(24)15-20(28(2)3)26-21(27-22)30-12-10-29(11-13-30)19-6-4-5-9-25-19/h4-9,14-15H,10-13,24H2,1-3H3,(H,26,27). The van der Waals surface area contributed by atoms with Gasteiger partial charge in [-0.25, -0.2) is 9.98 Å². The first-order valence-electron chi connectivity index (χ1n) is 10.1. The molecule has 1 saturated heterocycles. The van der Waals surface area contributed by atoms with Gasteiger partial charge in [-0.3, -0.25) is 5.73 Å². The highest BCUT2D eigenvalue weighted by atomic mass is 35.5. The quantitative estimate of drug-likeness (QED) is 0.786. The predicted molar refractivity (Wildman–Crippen MR) is 122 cm³/mol. The van der Waals surface area contributed by atoms with E-state index in [4.69, 9.17) is 22.3 Å². The zero-order chi connectivity index (χ0) is 21.3. The highest BCUT2D eigenvalue weighted by molar-refractivity contribution is 6.31. The lowest BCUT2D eigenvalue weighted by atomic mass is 9.98. The normalized spacial score (nSPS) is 21.6. The Kier molecular flexibility index (Phi) is 5.58.